The van der Waals surface area contributed by atoms with Gasteiger partial charge in [-0.3, -0.25) is 14.4 Å². The molecule has 3 rings (SSSR count). The van der Waals surface area contributed by atoms with Gasteiger partial charge in [0.15, 0.2) is 17.3 Å². The first-order chi connectivity index (χ1) is 14.5. The highest BCUT2D eigenvalue weighted by Crippen LogP contribution is 2.34. The Bertz CT molecular complexity index is 904. The first kappa shape index (κ1) is 21.2. The van der Waals surface area contributed by atoms with Crippen LogP contribution in [0.3, 0.4) is 0 Å². The summed E-state index contributed by atoms with van der Waals surface area (Å²) in [5.74, 6) is 0.0607. The number of carbonyl (C=O) groups excluding carboxylic acids is 3. The molecule has 1 aromatic heterocycles. The van der Waals surface area contributed by atoms with Crippen molar-refractivity contribution in [2.24, 2.45) is 0 Å². The van der Waals surface area contributed by atoms with Gasteiger partial charge in [-0.1, -0.05) is 0 Å². The summed E-state index contributed by atoms with van der Waals surface area (Å²) in [6.07, 6.45) is 3.34. The van der Waals surface area contributed by atoms with Crippen LogP contribution in [-0.4, -0.2) is 56.5 Å². The summed E-state index contributed by atoms with van der Waals surface area (Å²) >= 11 is 0. The molecular weight excluding hydrogens is 390 g/mol. The summed E-state index contributed by atoms with van der Waals surface area (Å²) in [5, 5.41) is 5.36. The molecule has 1 aliphatic heterocycles. The second-order valence-corrected chi connectivity index (χ2v) is 6.78. The first-order valence-corrected chi connectivity index (χ1v) is 9.70. The highest BCUT2D eigenvalue weighted by atomic mass is 16.5. The van der Waals surface area contributed by atoms with Crippen molar-refractivity contribution in [2.45, 2.75) is 19.3 Å². The van der Waals surface area contributed by atoms with Gasteiger partial charge in [-0.25, -0.2) is 0 Å². The molecule has 0 atom stereocenters. The monoisotopic (exact) mass is 415 g/mol. The van der Waals surface area contributed by atoms with Crippen LogP contribution >= 0.6 is 0 Å². The Morgan fingerprint density at radius 1 is 1.10 bits per heavy atom. The van der Waals surface area contributed by atoms with E-state index in [0.717, 1.165) is 12.8 Å². The lowest BCUT2D eigenvalue weighted by atomic mass is 10.1. The summed E-state index contributed by atoms with van der Waals surface area (Å²) in [5.41, 5.74) is 0.675. The largest absolute Gasteiger partial charge is 0.493 e. The van der Waals surface area contributed by atoms with E-state index in [2.05, 4.69) is 10.6 Å². The Hall–Kier alpha value is -3.49. The molecule has 9 heteroatoms. The van der Waals surface area contributed by atoms with Gasteiger partial charge in [-0.2, -0.15) is 0 Å². The van der Waals surface area contributed by atoms with Gasteiger partial charge in [0.25, 0.3) is 11.8 Å². The highest BCUT2D eigenvalue weighted by Gasteiger charge is 2.25. The van der Waals surface area contributed by atoms with Gasteiger partial charge in [0.2, 0.25) is 5.91 Å². The highest BCUT2D eigenvalue weighted by molar-refractivity contribution is 6.04. The number of nitrogens with one attached hydrogen (secondary N) is 2. The van der Waals surface area contributed by atoms with E-state index < -0.39 is 5.91 Å². The molecule has 30 heavy (non-hydrogen) atoms. The number of amides is 3. The molecule has 0 spiro atoms. The summed E-state index contributed by atoms with van der Waals surface area (Å²) in [4.78, 5) is 39.0. The molecular formula is C21H25N3O6. The van der Waals surface area contributed by atoms with Gasteiger partial charge in [-0.05, 0) is 31.0 Å². The van der Waals surface area contributed by atoms with Crippen LogP contribution in [0.4, 0.5) is 5.69 Å². The van der Waals surface area contributed by atoms with Crippen LogP contribution in [0, 0.1) is 0 Å². The first-order valence-electron chi connectivity index (χ1n) is 9.70. The third-order valence-corrected chi connectivity index (χ3v) is 4.80. The van der Waals surface area contributed by atoms with Gasteiger partial charge in [-0.15, -0.1) is 0 Å². The Kier molecular flexibility index (Phi) is 6.95. The number of benzene rings is 1. The van der Waals surface area contributed by atoms with Gasteiger partial charge in [0, 0.05) is 32.1 Å². The van der Waals surface area contributed by atoms with Crippen LogP contribution in [0.15, 0.2) is 34.9 Å². The summed E-state index contributed by atoms with van der Waals surface area (Å²) in [6.45, 7) is 1.48. The average molecular weight is 415 g/mol. The molecule has 1 aromatic carbocycles. The molecule has 160 valence electrons. The quantitative estimate of drug-likeness (QED) is 0.685. The van der Waals surface area contributed by atoms with Crippen LogP contribution in [0.2, 0.25) is 0 Å². The maximum absolute atomic E-state index is 13.0. The molecule has 0 radical (unpaired) electrons. The second-order valence-electron chi connectivity index (χ2n) is 6.78. The Morgan fingerprint density at radius 3 is 2.43 bits per heavy atom. The molecule has 2 heterocycles. The number of ether oxygens (including phenoxy) is 2. The van der Waals surface area contributed by atoms with E-state index in [4.69, 9.17) is 13.9 Å². The second kappa shape index (κ2) is 9.82. The van der Waals surface area contributed by atoms with Crippen molar-refractivity contribution >= 4 is 23.4 Å². The maximum atomic E-state index is 13.0. The van der Waals surface area contributed by atoms with Gasteiger partial charge >= 0.3 is 0 Å². The lowest BCUT2D eigenvalue weighted by Crippen LogP contribution is -2.30. The number of hydrogen-bond donors (Lipinski definition) is 2. The van der Waals surface area contributed by atoms with Crippen LogP contribution in [-0.2, 0) is 4.79 Å². The fourth-order valence-corrected chi connectivity index (χ4v) is 3.25. The number of likely N-dealkylation sites (tertiary alicyclic amines) is 1. The van der Waals surface area contributed by atoms with E-state index in [1.54, 1.807) is 23.1 Å². The molecule has 0 saturated carbocycles. The molecule has 1 fully saturated rings. The van der Waals surface area contributed by atoms with E-state index >= 15 is 0 Å². The molecule has 0 aliphatic carbocycles. The number of anilines is 1. The summed E-state index contributed by atoms with van der Waals surface area (Å²) in [6, 6.07) is 6.29. The normalized spacial score (nSPS) is 13.1. The van der Waals surface area contributed by atoms with Crippen molar-refractivity contribution in [3.05, 3.63) is 41.9 Å². The van der Waals surface area contributed by atoms with Crippen LogP contribution in [0.5, 0.6) is 11.5 Å². The predicted octanol–water partition coefficient (Wildman–Crippen LogP) is 2.29. The number of methoxy groups -OCH3 is 2. The smallest absolute Gasteiger partial charge is 0.286 e. The Balaban J connectivity index is 1.70. The minimum absolute atomic E-state index is 0.0259. The van der Waals surface area contributed by atoms with E-state index in [-0.39, 0.29) is 30.5 Å². The van der Waals surface area contributed by atoms with Gasteiger partial charge in [0.1, 0.15) is 0 Å². The van der Waals surface area contributed by atoms with Gasteiger partial charge in [0.05, 0.1) is 31.7 Å². The fourth-order valence-electron chi connectivity index (χ4n) is 3.25. The zero-order chi connectivity index (χ0) is 21.5. The standard InChI is InChI=1S/C21H25N3O6/c1-28-17-12-14(21(27)24-9-3-4-10-24)15(13-18(17)29-2)23-19(25)7-8-22-20(26)16-6-5-11-30-16/h5-6,11-13H,3-4,7-10H2,1-2H3,(H,22,26)(H,23,25). The minimum atomic E-state index is -0.399. The van der Waals surface area contributed by atoms with Crippen molar-refractivity contribution in [1.82, 2.24) is 10.2 Å². The fraction of sp³-hybridized carbons (Fsp3) is 0.381. The molecule has 9 nitrogen and oxygen atoms in total. The maximum Gasteiger partial charge on any atom is 0.286 e. The number of hydrogen-bond acceptors (Lipinski definition) is 6. The zero-order valence-corrected chi connectivity index (χ0v) is 17.0. The van der Waals surface area contributed by atoms with Crippen molar-refractivity contribution in [3.63, 3.8) is 0 Å². The third-order valence-electron chi connectivity index (χ3n) is 4.80. The Morgan fingerprint density at radius 2 is 1.80 bits per heavy atom. The number of nitrogens with zero attached hydrogens (tertiary/aromatic N) is 1. The van der Waals surface area contributed by atoms with E-state index in [9.17, 15) is 14.4 Å². The number of carbonyl (C=O) groups is 3. The average Bonchev–Trinajstić information content (AvgIpc) is 3.47. The van der Waals surface area contributed by atoms with Crippen molar-refractivity contribution in [1.29, 1.82) is 0 Å². The third kappa shape index (κ3) is 4.91. The van der Waals surface area contributed by atoms with E-state index in [0.29, 0.717) is 35.8 Å². The molecule has 3 amide bonds. The lowest BCUT2D eigenvalue weighted by Gasteiger charge is -2.20. The van der Waals surface area contributed by atoms with Crippen LogP contribution in [0.1, 0.15) is 40.2 Å². The number of rotatable bonds is 8. The lowest BCUT2D eigenvalue weighted by molar-refractivity contribution is -0.116. The molecule has 1 aliphatic rings. The van der Waals surface area contributed by atoms with Crippen molar-refractivity contribution in [3.8, 4) is 11.5 Å². The van der Waals surface area contributed by atoms with Crippen LogP contribution in [0.25, 0.3) is 0 Å². The predicted molar refractivity (Wildman–Crippen MR) is 109 cm³/mol. The molecule has 1 saturated heterocycles. The van der Waals surface area contributed by atoms with Gasteiger partial charge < -0.3 is 29.4 Å². The zero-order valence-electron chi connectivity index (χ0n) is 17.0. The summed E-state index contributed by atoms with van der Waals surface area (Å²) in [7, 11) is 2.97. The minimum Gasteiger partial charge on any atom is -0.493 e. The summed E-state index contributed by atoms with van der Waals surface area (Å²) < 4.78 is 15.6. The van der Waals surface area contributed by atoms with Crippen LogP contribution < -0.4 is 20.1 Å². The number of furan rings is 1. The molecule has 0 unspecified atom stereocenters. The van der Waals surface area contributed by atoms with E-state index in [1.807, 2.05) is 0 Å². The Labute approximate surface area is 174 Å². The molecule has 2 aromatic rings. The topological polar surface area (TPSA) is 110 Å². The molecule has 0 bridgehead atoms. The van der Waals surface area contributed by atoms with Crippen molar-refractivity contribution in [2.75, 3.05) is 39.2 Å². The SMILES string of the molecule is COc1cc(NC(=O)CCNC(=O)c2ccco2)c(C(=O)N2CCCC2)cc1OC. The van der Waals surface area contributed by atoms with E-state index in [1.165, 1.54) is 26.5 Å². The molecule has 2 N–H and O–H groups in total. The van der Waals surface area contributed by atoms with Crippen molar-refractivity contribution < 1.29 is 28.3 Å².